The molecule has 5 nitrogen and oxygen atoms in total. The molecule has 1 spiro atoms. The smallest absolute Gasteiger partial charge is 0.371 e. The molecule has 0 aromatic carbocycles. The first-order valence-electron chi connectivity index (χ1n) is 7.35. The molecule has 22 heavy (non-hydrogen) atoms. The van der Waals surface area contributed by atoms with Crippen LogP contribution in [0, 0.1) is 0 Å². The van der Waals surface area contributed by atoms with E-state index in [4.69, 9.17) is 4.74 Å². The van der Waals surface area contributed by atoms with Gasteiger partial charge in [-0.05, 0) is 19.9 Å². The SMILES string of the molecule is CN1CCC2(CC1)CN(c1cc(C(F)(F)F)ncn1)CCO2. The molecule has 0 aliphatic carbocycles. The largest absolute Gasteiger partial charge is 0.433 e. The van der Waals surface area contributed by atoms with Gasteiger partial charge < -0.3 is 14.5 Å². The molecule has 0 radical (unpaired) electrons. The Bertz CT molecular complexity index is 529. The molecule has 0 unspecified atom stereocenters. The Hall–Kier alpha value is -1.41. The molecule has 1 aromatic rings. The normalized spacial score (nSPS) is 23.0. The minimum Gasteiger partial charge on any atom is -0.371 e. The summed E-state index contributed by atoms with van der Waals surface area (Å²) < 4.78 is 44.3. The van der Waals surface area contributed by atoms with Crippen LogP contribution in [0.1, 0.15) is 18.5 Å². The van der Waals surface area contributed by atoms with E-state index in [9.17, 15) is 13.2 Å². The minimum absolute atomic E-state index is 0.270. The van der Waals surface area contributed by atoms with Gasteiger partial charge in [-0.1, -0.05) is 0 Å². The lowest BCUT2D eigenvalue weighted by Crippen LogP contribution is -2.56. The highest BCUT2D eigenvalue weighted by Crippen LogP contribution is 2.33. The van der Waals surface area contributed by atoms with Crippen molar-refractivity contribution in [1.29, 1.82) is 0 Å². The second-order valence-corrected chi connectivity index (χ2v) is 6.02. The maximum atomic E-state index is 12.8. The van der Waals surface area contributed by atoms with E-state index in [2.05, 4.69) is 21.9 Å². The third kappa shape index (κ3) is 3.17. The number of morpholine rings is 1. The Labute approximate surface area is 127 Å². The fourth-order valence-corrected chi connectivity index (χ4v) is 3.04. The van der Waals surface area contributed by atoms with Crippen LogP contribution in [0.25, 0.3) is 0 Å². The van der Waals surface area contributed by atoms with E-state index in [1.54, 1.807) is 0 Å². The van der Waals surface area contributed by atoms with Gasteiger partial charge in [0.05, 0.1) is 12.2 Å². The predicted octanol–water partition coefficient (Wildman–Crippen LogP) is 1.80. The van der Waals surface area contributed by atoms with Crippen molar-refractivity contribution in [2.45, 2.75) is 24.6 Å². The van der Waals surface area contributed by atoms with Gasteiger partial charge in [-0.15, -0.1) is 0 Å². The number of ether oxygens (including phenoxy) is 1. The van der Waals surface area contributed by atoms with E-state index in [1.807, 2.05) is 4.90 Å². The lowest BCUT2D eigenvalue weighted by atomic mass is 9.89. The van der Waals surface area contributed by atoms with Gasteiger partial charge in [-0.25, -0.2) is 9.97 Å². The number of anilines is 1. The third-order valence-electron chi connectivity index (χ3n) is 4.41. The summed E-state index contributed by atoms with van der Waals surface area (Å²) in [5, 5.41) is 0. The second-order valence-electron chi connectivity index (χ2n) is 6.02. The van der Waals surface area contributed by atoms with Crippen molar-refractivity contribution in [3.05, 3.63) is 18.1 Å². The zero-order valence-corrected chi connectivity index (χ0v) is 12.4. The first-order valence-corrected chi connectivity index (χ1v) is 7.35. The minimum atomic E-state index is -4.45. The molecule has 0 N–H and O–H groups in total. The molecule has 0 saturated carbocycles. The third-order valence-corrected chi connectivity index (χ3v) is 4.41. The van der Waals surface area contributed by atoms with Crippen LogP contribution < -0.4 is 4.90 Å². The summed E-state index contributed by atoms with van der Waals surface area (Å²) in [6, 6.07) is 1.02. The summed E-state index contributed by atoms with van der Waals surface area (Å²) in [6.45, 7) is 3.51. The van der Waals surface area contributed by atoms with Gasteiger partial charge in [-0.3, -0.25) is 0 Å². The van der Waals surface area contributed by atoms with Crippen LogP contribution >= 0.6 is 0 Å². The molecule has 122 valence electrons. The van der Waals surface area contributed by atoms with Gasteiger partial charge in [0.15, 0.2) is 0 Å². The number of halogens is 3. The number of alkyl halides is 3. The molecule has 3 rings (SSSR count). The Morgan fingerprint density at radius 1 is 1.18 bits per heavy atom. The monoisotopic (exact) mass is 316 g/mol. The Morgan fingerprint density at radius 3 is 2.59 bits per heavy atom. The highest BCUT2D eigenvalue weighted by Gasteiger charge is 2.40. The maximum absolute atomic E-state index is 12.8. The molecule has 3 heterocycles. The quantitative estimate of drug-likeness (QED) is 0.790. The fourth-order valence-electron chi connectivity index (χ4n) is 3.04. The zero-order valence-electron chi connectivity index (χ0n) is 12.4. The highest BCUT2D eigenvalue weighted by atomic mass is 19.4. The molecule has 2 aliphatic heterocycles. The summed E-state index contributed by atoms with van der Waals surface area (Å²) in [5.74, 6) is 0.323. The van der Waals surface area contributed by atoms with Gasteiger partial charge in [-0.2, -0.15) is 13.2 Å². The van der Waals surface area contributed by atoms with Crippen LogP contribution in [0.2, 0.25) is 0 Å². The molecule has 2 saturated heterocycles. The van der Waals surface area contributed by atoms with E-state index >= 15 is 0 Å². The lowest BCUT2D eigenvalue weighted by molar-refractivity contribution is -0.141. The average molecular weight is 316 g/mol. The second kappa shape index (κ2) is 5.66. The summed E-state index contributed by atoms with van der Waals surface area (Å²) >= 11 is 0. The zero-order chi connectivity index (χ0) is 15.8. The highest BCUT2D eigenvalue weighted by molar-refractivity contribution is 5.40. The molecule has 2 fully saturated rings. The number of hydrogen-bond acceptors (Lipinski definition) is 5. The summed E-state index contributed by atoms with van der Waals surface area (Å²) in [5.41, 5.74) is -1.17. The lowest BCUT2D eigenvalue weighted by Gasteiger charge is -2.47. The Balaban J connectivity index is 1.78. The van der Waals surface area contributed by atoms with Crippen LogP contribution in [0.5, 0.6) is 0 Å². The van der Waals surface area contributed by atoms with Crippen molar-refractivity contribution in [2.75, 3.05) is 44.7 Å². The molecule has 0 bridgehead atoms. The van der Waals surface area contributed by atoms with Crippen molar-refractivity contribution >= 4 is 5.82 Å². The van der Waals surface area contributed by atoms with E-state index < -0.39 is 11.9 Å². The molecular formula is C14H19F3N4O. The fraction of sp³-hybridized carbons (Fsp3) is 0.714. The van der Waals surface area contributed by atoms with Gasteiger partial charge in [0, 0.05) is 32.2 Å². The maximum Gasteiger partial charge on any atom is 0.433 e. The number of aromatic nitrogens is 2. The van der Waals surface area contributed by atoms with Crippen molar-refractivity contribution in [2.24, 2.45) is 0 Å². The molecule has 0 amide bonds. The molecular weight excluding hydrogens is 297 g/mol. The summed E-state index contributed by atoms with van der Waals surface area (Å²) in [6.07, 6.45) is -1.70. The van der Waals surface area contributed by atoms with Crippen LogP contribution in [0.15, 0.2) is 12.4 Å². The van der Waals surface area contributed by atoms with Crippen LogP contribution in [0.3, 0.4) is 0 Å². The standard InChI is InChI=1S/C14H19F3N4O/c1-20-4-2-13(3-5-20)9-21(6-7-22-13)12-8-11(14(15,16)17)18-10-19-12/h8,10H,2-7,9H2,1H3. The predicted molar refractivity (Wildman–Crippen MR) is 74.7 cm³/mol. The van der Waals surface area contributed by atoms with Gasteiger partial charge in [0.25, 0.3) is 0 Å². The van der Waals surface area contributed by atoms with E-state index in [1.165, 1.54) is 0 Å². The number of piperidine rings is 1. The Morgan fingerprint density at radius 2 is 1.91 bits per heavy atom. The van der Waals surface area contributed by atoms with Crippen LogP contribution in [0.4, 0.5) is 19.0 Å². The van der Waals surface area contributed by atoms with E-state index in [0.29, 0.717) is 25.5 Å². The molecule has 2 aliphatic rings. The van der Waals surface area contributed by atoms with Crippen LogP contribution in [-0.2, 0) is 10.9 Å². The number of likely N-dealkylation sites (tertiary alicyclic amines) is 1. The Kier molecular flexibility index (Phi) is 3.98. The topological polar surface area (TPSA) is 41.5 Å². The average Bonchev–Trinajstić information content (AvgIpc) is 2.50. The van der Waals surface area contributed by atoms with Gasteiger partial charge in [0.1, 0.15) is 17.8 Å². The van der Waals surface area contributed by atoms with Gasteiger partial charge in [0.2, 0.25) is 0 Å². The van der Waals surface area contributed by atoms with Crippen molar-refractivity contribution in [3.8, 4) is 0 Å². The molecule has 8 heteroatoms. The van der Waals surface area contributed by atoms with Crippen molar-refractivity contribution in [3.63, 3.8) is 0 Å². The molecule has 0 atom stereocenters. The van der Waals surface area contributed by atoms with E-state index in [0.717, 1.165) is 38.3 Å². The number of nitrogens with zero attached hydrogens (tertiary/aromatic N) is 4. The molecule has 1 aromatic heterocycles. The summed E-state index contributed by atoms with van der Waals surface area (Å²) in [7, 11) is 2.06. The summed E-state index contributed by atoms with van der Waals surface area (Å²) in [4.78, 5) is 11.5. The van der Waals surface area contributed by atoms with Crippen molar-refractivity contribution in [1.82, 2.24) is 14.9 Å². The van der Waals surface area contributed by atoms with Crippen LogP contribution in [-0.4, -0.2) is 60.3 Å². The first kappa shape index (κ1) is 15.5. The number of hydrogen-bond donors (Lipinski definition) is 0. The number of rotatable bonds is 1. The van der Waals surface area contributed by atoms with Crippen molar-refractivity contribution < 1.29 is 17.9 Å². The first-order chi connectivity index (χ1) is 10.4. The van der Waals surface area contributed by atoms with E-state index in [-0.39, 0.29) is 5.60 Å². The van der Waals surface area contributed by atoms with Gasteiger partial charge >= 0.3 is 6.18 Å².